The van der Waals surface area contributed by atoms with E-state index in [0.29, 0.717) is 0 Å². The minimum atomic E-state index is 0.0136. The van der Waals surface area contributed by atoms with E-state index in [0.717, 1.165) is 55.7 Å². The zero-order valence-electron chi connectivity index (χ0n) is 11.9. The van der Waals surface area contributed by atoms with Crippen LogP contribution in [0.4, 0.5) is 5.82 Å². The summed E-state index contributed by atoms with van der Waals surface area (Å²) in [4.78, 5) is 8.70. The lowest BCUT2D eigenvalue weighted by atomic mass is 10.2. The van der Waals surface area contributed by atoms with E-state index < -0.39 is 0 Å². The fourth-order valence-electron chi connectivity index (χ4n) is 2.51. The van der Waals surface area contributed by atoms with Crippen molar-refractivity contribution in [3.8, 4) is 0 Å². The van der Waals surface area contributed by atoms with Gasteiger partial charge in [-0.3, -0.25) is 0 Å². The van der Waals surface area contributed by atoms with Gasteiger partial charge in [-0.05, 0) is 25.7 Å². The summed E-state index contributed by atoms with van der Waals surface area (Å²) in [7, 11) is 0. The van der Waals surface area contributed by atoms with Crippen LogP contribution < -0.4 is 5.32 Å². The van der Waals surface area contributed by atoms with Crippen LogP contribution in [-0.4, -0.2) is 32.9 Å². The molecule has 1 aliphatic heterocycles. The molecular weight excluding hydrogens is 254 g/mol. The normalized spacial score (nSPS) is 19.4. The van der Waals surface area contributed by atoms with Crippen LogP contribution in [0.5, 0.6) is 0 Å². The number of fused-ring (bicyclic) bond motifs is 1. The van der Waals surface area contributed by atoms with E-state index >= 15 is 0 Å². The van der Waals surface area contributed by atoms with Gasteiger partial charge in [-0.1, -0.05) is 13.3 Å². The van der Waals surface area contributed by atoms with Crippen molar-refractivity contribution in [2.45, 2.75) is 45.3 Å². The molecule has 2 aromatic heterocycles. The molecule has 1 fully saturated rings. The van der Waals surface area contributed by atoms with Crippen molar-refractivity contribution in [1.82, 2.24) is 19.7 Å². The highest BCUT2D eigenvalue weighted by atomic mass is 16.5. The Labute approximate surface area is 118 Å². The maximum absolute atomic E-state index is 5.79. The Morgan fingerprint density at radius 3 is 3.15 bits per heavy atom. The number of nitrogens with one attached hydrogen (secondary N) is 1. The first-order valence-corrected chi connectivity index (χ1v) is 7.44. The van der Waals surface area contributed by atoms with E-state index in [4.69, 9.17) is 4.74 Å². The average molecular weight is 275 g/mol. The second-order valence-electron chi connectivity index (χ2n) is 5.15. The molecule has 0 aliphatic carbocycles. The van der Waals surface area contributed by atoms with E-state index in [1.807, 2.05) is 10.9 Å². The fraction of sp³-hybridized carbons (Fsp3) is 0.643. The smallest absolute Gasteiger partial charge is 0.165 e. The van der Waals surface area contributed by atoms with Crippen LogP contribution in [0, 0.1) is 0 Å². The summed E-state index contributed by atoms with van der Waals surface area (Å²) in [6, 6.07) is 0. The van der Waals surface area contributed by atoms with Crippen LogP contribution in [0.25, 0.3) is 11.0 Å². The lowest BCUT2D eigenvalue weighted by Crippen LogP contribution is -2.19. The van der Waals surface area contributed by atoms with E-state index in [2.05, 4.69) is 27.3 Å². The summed E-state index contributed by atoms with van der Waals surface area (Å²) in [5.41, 5.74) is 0.853. The highest BCUT2D eigenvalue weighted by molar-refractivity contribution is 5.86. The molecular formula is C14H21N5O. The lowest BCUT2D eigenvalue weighted by molar-refractivity contribution is -0.0370. The van der Waals surface area contributed by atoms with Crippen molar-refractivity contribution in [2.75, 3.05) is 18.5 Å². The summed E-state index contributed by atoms with van der Waals surface area (Å²) in [5.74, 6) is 0.866. The molecule has 108 valence electrons. The van der Waals surface area contributed by atoms with Crippen molar-refractivity contribution < 1.29 is 4.74 Å². The number of nitrogens with zero attached hydrogens (tertiary/aromatic N) is 4. The van der Waals surface area contributed by atoms with Gasteiger partial charge in [0.25, 0.3) is 0 Å². The Balaban J connectivity index is 1.86. The molecule has 2 aromatic rings. The zero-order chi connectivity index (χ0) is 13.8. The second kappa shape index (κ2) is 6.17. The predicted molar refractivity (Wildman–Crippen MR) is 77.6 cm³/mol. The fourth-order valence-corrected chi connectivity index (χ4v) is 2.51. The third-order valence-electron chi connectivity index (χ3n) is 3.64. The Hall–Kier alpha value is -1.69. The van der Waals surface area contributed by atoms with Gasteiger partial charge in [-0.25, -0.2) is 14.6 Å². The van der Waals surface area contributed by atoms with E-state index in [1.54, 1.807) is 6.33 Å². The SMILES string of the molecule is CCCCNc1ncnc2c1cnn2C1CCCCO1. The molecule has 0 spiro atoms. The quantitative estimate of drug-likeness (QED) is 0.850. The topological polar surface area (TPSA) is 64.9 Å². The van der Waals surface area contributed by atoms with Gasteiger partial charge < -0.3 is 10.1 Å². The van der Waals surface area contributed by atoms with Crippen LogP contribution in [0.15, 0.2) is 12.5 Å². The van der Waals surface area contributed by atoms with Crippen molar-refractivity contribution in [1.29, 1.82) is 0 Å². The van der Waals surface area contributed by atoms with Gasteiger partial charge in [-0.2, -0.15) is 5.10 Å². The molecule has 0 bridgehead atoms. The van der Waals surface area contributed by atoms with Crippen LogP contribution in [-0.2, 0) is 4.74 Å². The molecule has 1 unspecified atom stereocenters. The first-order valence-electron chi connectivity index (χ1n) is 7.44. The minimum Gasteiger partial charge on any atom is -0.369 e. The standard InChI is InChI=1S/C14H21N5O/c1-2-3-7-15-13-11-9-18-19(14(11)17-10-16-13)12-6-4-5-8-20-12/h9-10,12H,2-8H2,1H3,(H,15,16,17). The number of hydrogen-bond acceptors (Lipinski definition) is 5. The second-order valence-corrected chi connectivity index (χ2v) is 5.15. The Bertz CT molecular complexity index is 562. The third-order valence-corrected chi connectivity index (χ3v) is 3.64. The number of hydrogen-bond donors (Lipinski definition) is 1. The molecule has 1 saturated heterocycles. The molecule has 1 aliphatic rings. The maximum atomic E-state index is 5.79. The molecule has 3 heterocycles. The largest absolute Gasteiger partial charge is 0.369 e. The summed E-state index contributed by atoms with van der Waals surface area (Å²) in [5, 5.41) is 8.79. The maximum Gasteiger partial charge on any atom is 0.165 e. The molecule has 0 saturated carbocycles. The van der Waals surface area contributed by atoms with Crippen molar-refractivity contribution in [3.63, 3.8) is 0 Å². The highest BCUT2D eigenvalue weighted by Crippen LogP contribution is 2.27. The zero-order valence-corrected chi connectivity index (χ0v) is 11.9. The lowest BCUT2D eigenvalue weighted by Gasteiger charge is -2.22. The summed E-state index contributed by atoms with van der Waals surface area (Å²) < 4.78 is 7.68. The van der Waals surface area contributed by atoms with Gasteiger partial charge in [0, 0.05) is 13.2 Å². The molecule has 0 radical (unpaired) electrons. The van der Waals surface area contributed by atoms with Crippen molar-refractivity contribution in [2.24, 2.45) is 0 Å². The van der Waals surface area contributed by atoms with Crippen LogP contribution in [0.2, 0.25) is 0 Å². The molecule has 6 heteroatoms. The summed E-state index contributed by atoms with van der Waals surface area (Å²) in [6.45, 7) is 3.90. The molecule has 0 amide bonds. The van der Waals surface area contributed by atoms with Crippen LogP contribution in [0.3, 0.4) is 0 Å². The van der Waals surface area contributed by atoms with E-state index in [-0.39, 0.29) is 6.23 Å². The van der Waals surface area contributed by atoms with Gasteiger partial charge >= 0.3 is 0 Å². The van der Waals surface area contributed by atoms with Crippen molar-refractivity contribution >= 4 is 16.9 Å². The molecule has 20 heavy (non-hydrogen) atoms. The molecule has 6 nitrogen and oxygen atoms in total. The molecule has 3 rings (SSSR count). The van der Waals surface area contributed by atoms with Gasteiger partial charge in [0.1, 0.15) is 12.1 Å². The predicted octanol–water partition coefficient (Wildman–Crippen LogP) is 2.74. The Morgan fingerprint density at radius 2 is 2.35 bits per heavy atom. The average Bonchev–Trinajstić information content (AvgIpc) is 2.93. The van der Waals surface area contributed by atoms with E-state index in [1.165, 1.54) is 6.42 Å². The first kappa shape index (κ1) is 13.3. The van der Waals surface area contributed by atoms with Crippen LogP contribution in [0.1, 0.15) is 45.3 Å². The summed E-state index contributed by atoms with van der Waals surface area (Å²) >= 11 is 0. The monoisotopic (exact) mass is 275 g/mol. The van der Waals surface area contributed by atoms with Gasteiger partial charge in [0.2, 0.25) is 0 Å². The third kappa shape index (κ3) is 2.60. The van der Waals surface area contributed by atoms with Crippen LogP contribution >= 0.6 is 0 Å². The molecule has 0 aromatic carbocycles. The Morgan fingerprint density at radius 1 is 1.40 bits per heavy atom. The Kier molecular flexibility index (Phi) is 4.11. The van der Waals surface area contributed by atoms with Gasteiger partial charge in [-0.15, -0.1) is 0 Å². The molecule has 1 N–H and O–H groups in total. The minimum absolute atomic E-state index is 0.0136. The van der Waals surface area contributed by atoms with Crippen molar-refractivity contribution in [3.05, 3.63) is 12.5 Å². The number of unbranched alkanes of at least 4 members (excludes halogenated alkanes) is 1. The number of ether oxygens (including phenoxy) is 1. The highest BCUT2D eigenvalue weighted by Gasteiger charge is 2.20. The number of rotatable bonds is 5. The molecule has 1 atom stereocenters. The van der Waals surface area contributed by atoms with Gasteiger partial charge in [0.05, 0.1) is 11.6 Å². The summed E-state index contributed by atoms with van der Waals surface area (Å²) in [6.07, 6.45) is 9.05. The van der Waals surface area contributed by atoms with Gasteiger partial charge in [0.15, 0.2) is 11.9 Å². The first-order chi connectivity index (χ1) is 9.90. The van der Waals surface area contributed by atoms with E-state index in [9.17, 15) is 0 Å². The number of anilines is 1. The number of aromatic nitrogens is 4.